The van der Waals surface area contributed by atoms with Crippen LogP contribution in [-0.4, -0.2) is 32.7 Å². The Balaban J connectivity index is 1.88. The van der Waals surface area contributed by atoms with Gasteiger partial charge in [-0.05, 0) is 35.9 Å². The van der Waals surface area contributed by atoms with Crippen molar-refractivity contribution >= 4 is 29.2 Å². The highest BCUT2D eigenvalue weighted by Gasteiger charge is 2.13. The van der Waals surface area contributed by atoms with Crippen LogP contribution in [0.25, 0.3) is 0 Å². The summed E-state index contributed by atoms with van der Waals surface area (Å²) in [5.74, 6) is -0.912. The van der Waals surface area contributed by atoms with Crippen LogP contribution in [0.4, 0.5) is 10.1 Å². The zero-order valence-corrected chi connectivity index (χ0v) is 14.9. The average Bonchev–Trinajstić information content (AvgIpc) is 2.63. The van der Waals surface area contributed by atoms with Crippen molar-refractivity contribution in [2.75, 3.05) is 26.1 Å². The third-order valence-electron chi connectivity index (χ3n) is 3.36. The van der Waals surface area contributed by atoms with E-state index in [-0.39, 0.29) is 17.1 Å². The van der Waals surface area contributed by atoms with Gasteiger partial charge in [-0.2, -0.15) is 0 Å². The molecule has 0 unspecified atom stereocenters. The molecule has 0 aliphatic rings. The lowest BCUT2D eigenvalue weighted by atomic mass is 10.1. The molecule has 0 aliphatic heterocycles. The van der Waals surface area contributed by atoms with Crippen LogP contribution in [0.1, 0.15) is 5.56 Å². The molecule has 0 radical (unpaired) electrons. The number of rotatable bonds is 7. The third kappa shape index (κ3) is 5.35. The number of hydrogen-bond acceptors (Lipinski definition) is 5. The Morgan fingerprint density at radius 1 is 1.08 bits per heavy atom. The van der Waals surface area contributed by atoms with Gasteiger partial charge in [-0.1, -0.05) is 17.7 Å². The minimum absolute atomic E-state index is 0.0564. The van der Waals surface area contributed by atoms with E-state index in [1.54, 1.807) is 18.2 Å². The number of hydrogen-bond donors (Lipinski definition) is 1. The number of carbonyl (C=O) groups excluding carboxylic acids is 2. The number of nitrogens with one attached hydrogen (secondary N) is 1. The average molecular weight is 382 g/mol. The van der Waals surface area contributed by atoms with Crippen molar-refractivity contribution < 1.29 is 28.2 Å². The lowest BCUT2D eigenvalue weighted by Crippen LogP contribution is -2.22. The molecule has 0 aromatic heterocycles. The van der Waals surface area contributed by atoms with Crippen LogP contribution in [0, 0.1) is 5.82 Å². The molecule has 0 atom stereocenters. The number of amides is 1. The molecule has 2 aromatic carbocycles. The van der Waals surface area contributed by atoms with E-state index in [0.717, 1.165) is 6.07 Å². The second-order valence-electron chi connectivity index (χ2n) is 5.20. The zero-order chi connectivity index (χ0) is 19.1. The summed E-state index contributed by atoms with van der Waals surface area (Å²) in [6, 6.07) is 8.73. The molecular formula is C18H17ClFNO5. The summed E-state index contributed by atoms with van der Waals surface area (Å²) in [5.41, 5.74) is 0.549. The first kappa shape index (κ1) is 19.5. The van der Waals surface area contributed by atoms with Gasteiger partial charge in [0.15, 0.2) is 18.1 Å². The lowest BCUT2D eigenvalue weighted by Gasteiger charge is -2.10. The Kier molecular flexibility index (Phi) is 6.80. The van der Waals surface area contributed by atoms with E-state index >= 15 is 0 Å². The molecule has 0 heterocycles. The summed E-state index contributed by atoms with van der Waals surface area (Å²) in [4.78, 5) is 23.7. The molecule has 0 saturated heterocycles. The number of carbonyl (C=O) groups is 2. The molecule has 0 saturated carbocycles. The smallest absolute Gasteiger partial charge is 0.310 e. The van der Waals surface area contributed by atoms with Crippen molar-refractivity contribution in [1.29, 1.82) is 0 Å². The zero-order valence-electron chi connectivity index (χ0n) is 14.2. The fraction of sp³-hybridized carbons (Fsp3) is 0.222. The second-order valence-corrected chi connectivity index (χ2v) is 5.64. The van der Waals surface area contributed by atoms with E-state index in [1.807, 2.05) is 0 Å². The molecule has 0 aliphatic carbocycles. The topological polar surface area (TPSA) is 73.9 Å². The molecule has 0 fully saturated rings. The second kappa shape index (κ2) is 9.05. The molecule has 2 aromatic rings. The highest BCUT2D eigenvalue weighted by molar-refractivity contribution is 6.30. The van der Waals surface area contributed by atoms with Gasteiger partial charge in [-0.25, -0.2) is 4.39 Å². The Hall–Kier alpha value is -2.80. The van der Waals surface area contributed by atoms with Gasteiger partial charge in [-0.15, -0.1) is 0 Å². The van der Waals surface area contributed by atoms with E-state index in [9.17, 15) is 14.0 Å². The standard InChI is InChI=1S/C18H17ClFNO5/c1-24-15-6-3-11(7-16(15)25-2)8-18(23)26-10-17(22)21-14-9-12(19)4-5-13(14)20/h3-7,9H,8,10H2,1-2H3,(H,21,22). The van der Waals surface area contributed by atoms with Crippen molar-refractivity contribution in [2.24, 2.45) is 0 Å². The number of benzene rings is 2. The number of anilines is 1. The van der Waals surface area contributed by atoms with Gasteiger partial charge in [0, 0.05) is 5.02 Å². The minimum Gasteiger partial charge on any atom is -0.493 e. The van der Waals surface area contributed by atoms with Crippen LogP contribution in [0.15, 0.2) is 36.4 Å². The van der Waals surface area contributed by atoms with Crippen molar-refractivity contribution in [1.82, 2.24) is 0 Å². The lowest BCUT2D eigenvalue weighted by molar-refractivity contribution is -0.146. The quantitative estimate of drug-likeness (QED) is 0.745. The normalized spacial score (nSPS) is 10.2. The number of methoxy groups -OCH3 is 2. The Labute approximate surface area is 154 Å². The van der Waals surface area contributed by atoms with Crippen molar-refractivity contribution in [3.05, 3.63) is 52.8 Å². The fourth-order valence-corrected chi connectivity index (χ4v) is 2.31. The van der Waals surface area contributed by atoms with Crippen LogP contribution in [0.3, 0.4) is 0 Å². The molecule has 1 N–H and O–H groups in total. The summed E-state index contributed by atoms with van der Waals surface area (Å²) in [5, 5.41) is 2.56. The first-order valence-corrected chi connectivity index (χ1v) is 7.92. The largest absolute Gasteiger partial charge is 0.493 e. The van der Waals surface area contributed by atoms with Crippen molar-refractivity contribution in [2.45, 2.75) is 6.42 Å². The van der Waals surface area contributed by atoms with Gasteiger partial charge in [0.2, 0.25) is 0 Å². The molecule has 2 rings (SSSR count). The maximum absolute atomic E-state index is 13.5. The van der Waals surface area contributed by atoms with Crippen molar-refractivity contribution in [3.63, 3.8) is 0 Å². The van der Waals surface area contributed by atoms with E-state index < -0.39 is 24.3 Å². The summed E-state index contributed by atoms with van der Waals surface area (Å²) in [6.45, 7) is -0.544. The fourth-order valence-electron chi connectivity index (χ4n) is 2.13. The molecule has 138 valence electrons. The highest BCUT2D eigenvalue weighted by Crippen LogP contribution is 2.27. The molecule has 1 amide bonds. The summed E-state index contributed by atoms with van der Waals surface area (Å²) in [6.07, 6.45) is -0.0564. The van der Waals surface area contributed by atoms with Gasteiger partial charge >= 0.3 is 5.97 Å². The van der Waals surface area contributed by atoms with E-state index in [0.29, 0.717) is 17.1 Å². The van der Waals surface area contributed by atoms with Gasteiger partial charge in [0.1, 0.15) is 5.82 Å². The van der Waals surface area contributed by atoms with E-state index in [2.05, 4.69) is 5.32 Å². The molecule has 26 heavy (non-hydrogen) atoms. The van der Waals surface area contributed by atoms with Crippen molar-refractivity contribution in [3.8, 4) is 11.5 Å². The number of esters is 1. The number of halogens is 2. The van der Waals surface area contributed by atoms with Gasteiger partial charge in [0.05, 0.1) is 26.3 Å². The van der Waals surface area contributed by atoms with Crippen LogP contribution in [0.5, 0.6) is 11.5 Å². The van der Waals surface area contributed by atoms with Crippen LogP contribution in [0.2, 0.25) is 5.02 Å². The summed E-state index contributed by atoms with van der Waals surface area (Å²) >= 11 is 5.74. The third-order valence-corrected chi connectivity index (χ3v) is 3.60. The first-order chi connectivity index (χ1) is 12.4. The predicted molar refractivity (Wildman–Crippen MR) is 94.2 cm³/mol. The van der Waals surface area contributed by atoms with Gasteiger partial charge in [0.25, 0.3) is 5.91 Å². The summed E-state index contributed by atoms with van der Waals surface area (Å²) in [7, 11) is 2.99. The summed E-state index contributed by atoms with van der Waals surface area (Å²) < 4.78 is 28.7. The van der Waals surface area contributed by atoms with Crippen LogP contribution >= 0.6 is 11.6 Å². The highest BCUT2D eigenvalue weighted by atomic mass is 35.5. The molecule has 8 heteroatoms. The first-order valence-electron chi connectivity index (χ1n) is 7.54. The Morgan fingerprint density at radius 2 is 1.81 bits per heavy atom. The van der Waals surface area contributed by atoms with Crippen LogP contribution < -0.4 is 14.8 Å². The molecular weight excluding hydrogens is 365 g/mol. The monoisotopic (exact) mass is 381 g/mol. The Morgan fingerprint density at radius 3 is 2.50 bits per heavy atom. The molecule has 0 spiro atoms. The maximum atomic E-state index is 13.5. The SMILES string of the molecule is COc1ccc(CC(=O)OCC(=O)Nc2cc(Cl)ccc2F)cc1OC. The minimum atomic E-state index is -0.674. The van der Waals surface area contributed by atoms with E-state index in [4.69, 9.17) is 25.8 Å². The predicted octanol–water partition coefficient (Wildman–Crippen LogP) is 3.22. The Bertz CT molecular complexity index is 812. The van der Waals surface area contributed by atoms with Gasteiger partial charge in [-0.3, -0.25) is 9.59 Å². The maximum Gasteiger partial charge on any atom is 0.310 e. The number of ether oxygens (including phenoxy) is 3. The molecule has 0 bridgehead atoms. The van der Waals surface area contributed by atoms with Gasteiger partial charge < -0.3 is 19.5 Å². The van der Waals surface area contributed by atoms with Crippen LogP contribution in [-0.2, 0) is 20.7 Å². The molecule has 6 nitrogen and oxygen atoms in total. The van der Waals surface area contributed by atoms with E-state index in [1.165, 1.54) is 26.4 Å².